The van der Waals surface area contributed by atoms with Gasteiger partial charge in [-0.1, -0.05) is 84.0 Å². The number of rotatable bonds is 17. The summed E-state index contributed by atoms with van der Waals surface area (Å²) in [5, 5.41) is 28.6. The molecule has 3 N–H and O–H groups in total. The highest BCUT2D eigenvalue weighted by Crippen LogP contribution is 2.21. The summed E-state index contributed by atoms with van der Waals surface area (Å²) in [7, 11) is 0. The van der Waals surface area contributed by atoms with Crippen molar-refractivity contribution in [3.05, 3.63) is 0 Å². The van der Waals surface area contributed by atoms with Gasteiger partial charge in [-0.3, -0.25) is 0 Å². The summed E-state index contributed by atoms with van der Waals surface area (Å²) in [5.74, 6) is 0. The van der Waals surface area contributed by atoms with E-state index in [1.165, 1.54) is 70.6 Å². The normalized spacial score (nSPS) is 24.2. The molecule has 0 aliphatic carbocycles. The van der Waals surface area contributed by atoms with Crippen LogP contribution in [0.25, 0.3) is 0 Å². The van der Waals surface area contributed by atoms with E-state index in [1.807, 2.05) is 0 Å². The summed E-state index contributed by atoms with van der Waals surface area (Å²) in [6.45, 7) is 2.61. The molecular weight excluding hydrogens is 332 g/mol. The zero-order valence-electron chi connectivity index (χ0n) is 16.8. The second kappa shape index (κ2) is 15.8. The average Bonchev–Trinajstić information content (AvgIpc) is 3.02. The maximum Gasteiger partial charge on any atom is 0.114 e. The molecule has 26 heavy (non-hydrogen) atoms. The van der Waals surface area contributed by atoms with Crippen molar-refractivity contribution in [1.29, 1.82) is 0 Å². The number of hydrogen-bond acceptors (Lipinski definition) is 5. The van der Waals surface area contributed by atoms with Crippen LogP contribution in [0, 0.1) is 0 Å². The van der Waals surface area contributed by atoms with E-state index in [4.69, 9.17) is 14.6 Å². The summed E-state index contributed by atoms with van der Waals surface area (Å²) >= 11 is 0. The van der Waals surface area contributed by atoms with Gasteiger partial charge in [0.15, 0.2) is 0 Å². The zero-order chi connectivity index (χ0) is 19.0. The molecule has 0 aromatic heterocycles. The Hall–Kier alpha value is -0.200. The largest absolute Gasteiger partial charge is 0.394 e. The topological polar surface area (TPSA) is 79.2 Å². The molecule has 1 aliphatic heterocycles. The Morgan fingerprint density at radius 1 is 0.885 bits per heavy atom. The van der Waals surface area contributed by atoms with Gasteiger partial charge in [0, 0.05) is 6.61 Å². The van der Waals surface area contributed by atoms with Crippen molar-refractivity contribution in [1.82, 2.24) is 0 Å². The van der Waals surface area contributed by atoms with Crippen LogP contribution < -0.4 is 0 Å². The van der Waals surface area contributed by atoms with Crippen molar-refractivity contribution in [2.75, 3.05) is 19.8 Å². The molecule has 4 atom stereocenters. The average molecular weight is 375 g/mol. The number of aliphatic hydroxyl groups excluding tert-OH is 3. The molecule has 1 aliphatic rings. The van der Waals surface area contributed by atoms with Gasteiger partial charge in [-0.25, -0.2) is 0 Å². The molecule has 1 rings (SSSR count). The number of unbranched alkanes of at least 4 members (excludes halogenated alkanes) is 12. The van der Waals surface area contributed by atoms with E-state index in [9.17, 15) is 10.2 Å². The summed E-state index contributed by atoms with van der Waals surface area (Å²) in [6, 6.07) is 0. The van der Waals surface area contributed by atoms with E-state index in [2.05, 4.69) is 6.92 Å². The van der Waals surface area contributed by atoms with Crippen molar-refractivity contribution in [2.24, 2.45) is 0 Å². The van der Waals surface area contributed by atoms with Crippen LogP contribution in [0.1, 0.15) is 90.4 Å². The molecule has 0 saturated carbocycles. The monoisotopic (exact) mass is 374 g/mol. The Labute approximate surface area is 160 Å². The SMILES string of the molecule is CCCCCCCCCCCCCCCO[C@H]1[C@@H]([C@@H](O)CO)OC[C@H]1O. The first-order valence-electron chi connectivity index (χ1n) is 10.9. The summed E-state index contributed by atoms with van der Waals surface area (Å²) in [5.41, 5.74) is 0. The highest BCUT2D eigenvalue weighted by atomic mass is 16.6. The van der Waals surface area contributed by atoms with Gasteiger partial charge >= 0.3 is 0 Å². The maximum absolute atomic E-state index is 9.86. The van der Waals surface area contributed by atoms with E-state index in [0.29, 0.717) is 6.61 Å². The van der Waals surface area contributed by atoms with E-state index >= 15 is 0 Å². The molecule has 0 aromatic rings. The van der Waals surface area contributed by atoms with Crippen molar-refractivity contribution in [2.45, 2.75) is 115 Å². The fourth-order valence-corrected chi connectivity index (χ4v) is 3.60. The fourth-order valence-electron chi connectivity index (χ4n) is 3.60. The Balaban J connectivity index is 1.88. The first-order valence-corrected chi connectivity index (χ1v) is 10.9. The highest BCUT2D eigenvalue weighted by molar-refractivity contribution is 4.89. The van der Waals surface area contributed by atoms with Crippen LogP contribution in [0.4, 0.5) is 0 Å². The van der Waals surface area contributed by atoms with Crippen LogP contribution in [0.5, 0.6) is 0 Å². The number of hydrogen-bond donors (Lipinski definition) is 3. The first-order chi connectivity index (χ1) is 12.7. The Bertz CT molecular complexity index is 313. The van der Waals surface area contributed by atoms with E-state index < -0.39 is 24.4 Å². The van der Waals surface area contributed by atoms with E-state index in [1.54, 1.807) is 0 Å². The molecule has 0 unspecified atom stereocenters. The molecule has 0 bridgehead atoms. The van der Waals surface area contributed by atoms with Gasteiger partial charge in [-0.15, -0.1) is 0 Å². The molecule has 0 amide bonds. The van der Waals surface area contributed by atoms with Gasteiger partial charge in [-0.05, 0) is 6.42 Å². The molecule has 156 valence electrons. The lowest BCUT2D eigenvalue weighted by Gasteiger charge is -2.23. The van der Waals surface area contributed by atoms with Crippen molar-refractivity contribution >= 4 is 0 Å². The molecule has 1 saturated heterocycles. The molecule has 1 heterocycles. The Kier molecular flexibility index (Phi) is 14.5. The second-order valence-electron chi connectivity index (χ2n) is 7.69. The minimum Gasteiger partial charge on any atom is -0.394 e. The summed E-state index contributed by atoms with van der Waals surface area (Å²) in [6.07, 6.45) is 14.1. The lowest BCUT2D eigenvalue weighted by molar-refractivity contribution is -0.0938. The van der Waals surface area contributed by atoms with Gasteiger partial charge in [0.25, 0.3) is 0 Å². The van der Waals surface area contributed by atoms with Crippen LogP contribution in [0.3, 0.4) is 0 Å². The predicted molar refractivity (Wildman–Crippen MR) is 104 cm³/mol. The standard InChI is InChI=1S/C21H42O5/c1-2-3-4-5-6-7-8-9-10-11-12-13-14-15-25-21-19(24)17-26-20(21)18(23)16-22/h18-24H,2-17H2,1H3/t18-,19+,20+,21+/m0/s1. The van der Waals surface area contributed by atoms with Crippen LogP contribution >= 0.6 is 0 Å². The molecule has 0 spiro atoms. The summed E-state index contributed by atoms with van der Waals surface area (Å²) < 4.78 is 11.0. The van der Waals surface area contributed by atoms with Crippen LogP contribution in [0.2, 0.25) is 0 Å². The van der Waals surface area contributed by atoms with Crippen LogP contribution in [0.15, 0.2) is 0 Å². The number of aliphatic hydroxyl groups is 3. The van der Waals surface area contributed by atoms with Crippen LogP contribution in [-0.4, -0.2) is 59.6 Å². The third-order valence-corrected chi connectivity index (χ3v) is 5.29. The molecule has 0 radical (unpaired) electrons. The maximum atomic E-state index is 9.86. The lowest BCUT2D eigenvalue weighted by atomic mass is 10.0. The van der Waals surface area contributed by atoms with E-state index in [0.717, 1.165) is 12.8 Å². The quantitative estimate of drug-likeness (QED) is 0.339. The van der Waals surface area contributed by atoms with Gasteiger partial charge in [0.05, 0.1) is 13.2 Å². The van der Waals surface area contributed by atoms with Crippen molar-refractivity contribution in [3.8, 4) is 0 Å². The van der Waals surface area contributed by atoms with Gasteiger partial charge in [0.2, 0.25) is 0 Å². The predicted octanol–water partition coefficient (Wildman–Crippen LogP) is 3.58. The summed E-state index contributed by atoms with van der Waals surface area (Å²) in [4.78, 5) is 0. The zero-order valence-corrected chi connectivity index (χ0v) is 16.8. The van der Waals surface area contributed by atoms with Crippen molar-refractivity contribution < 1.29 is 24.8 Å². The van der Waals surface area contributed by atoms with Crippen LogP contribution in [-0.2, 0) is 9.47 Å². The third-order valence-electron chi connectivity index (χ3n) is 5.29. The lowest BCUT2D eigenvalue weighted by Crippen LogP contribution is -2.42. The third kappa shape index (κ3) is 10.2. The minimum absolute atomic E-state index is 0.158. The van der Waals surface area contributed by atoms with E-state index in [-0.39, 0.29) is 13.2 Å². The molecule has 0 aromatic carbocycles. The van der Waals surface area contributed by atoms with Gasteiger partial charge < -0.3 is 24.8 Å². The first kappa shape index (κ1) is 23.8. The van der Waals surface area contributed by atoms with Gasteiger partial charge in [0.1, 0.15) is 24.4 Å². The molecule has 1 fully saturated rings. The Morgan fingerprint density at radius 3 is 1.88 bits per heavy atom. The Morgan fingerprint density at radius 2 is 1.38 bits per heavy atom. The minimum atomic E-state index is -0.996. The highest BCUT2D eigenvalue weighted by Gasteiger charge is 2.40. The molecule has 5 heteroatoms. The molecule has 5 nitrogen and oxygen atoms in total. The van der Waals surface area contributed by atoms with Crippen molar-refractivity contribution in [3.63, 3.8) is 0 Å². The molecular formula is C21H42O5. The van der Waals surface area contributed by atoms with Gasteiger partial charge in [-0.2, -0.15) is 0 Å². The smallest absolute Gasteiger partial charge is 0.114 e. The number of ether oxygens (including phenoxy) is 2. The second-order valence-corrected chi connectivity index (χ2v) is 7.69. The fraction of sp³-hybridized carbons (Fsp3) is 1.00.